The molecule has 2 aromatic rings. The molecule has 1 aromatic heterocycles. The van der Waals surface area contributed by atoms with E-state index in [-0.39, 0.29) is 16.3 Å². The predicted molar refractivity (Wildman–Crippen MR) is 69.5 cm³/mol. The highest BCUT2D eigenvalue weighted by atomic mass is 35.5. The minimum Gasteiger partial charge on any atom is -0.266 e. The zero-order valence-corrected chi connectivity index (χ0v) is 11.0. The zero-order valence-electron chi connectivity index (χ0n) is 10.3. The van der Waals surface area contributed by atoms with Gasteiger partial charge in [-0.3, -0.25) is 14.9 Å². The number of carbonyl (C=O) groups excluding carboxylic acids is 1. The number of halogens is 1. The number of rotatable bonds is 2. The third kappa shape index (κ3) is 2.48. The van der Waals surface area contributed by atoms with Gasteiger partial charge in [-0.25, -0.2) is 4.68 Å². The summed E-state index contributed by atoms with van der Waals surface area (Å²) in [6.07, 6.45) is 0. The summed E-state index contributed by atoms with van der Waals surface area (Å²) in [6.45, 7) is 3.45. The van der Waals surface area contributed by atoms with E-state index < -0.39 is 10.8 Å². The van der Waals surface area contributed by atoms with Gasteiger partial charge in [-0.05, 0) is 32.0 Å². The SMILES string of the molecule is Cc1cc(C)n(C(=O)c2ccc(Cl)cc2[N+](=O)[O-])n1. The monoisotopic (exact) mass is 279 g/mol. The number of nitrogens with zero attached hydrogens (tertiary/aromatic N) is 3. The molecule has 0 saturated carbocycles. The molecule has 7 heteroatoms. The quantitative estimate of drug-likeness (QED) is 0.625. The lowest BCUT2D eigenvalue weighted by molar-refractivity contribution is -0.385. The van der Waals surface area contributed by atoms with Crippen molar-refractivity contribution in [1.82, 2.24) is 9.78 Å². The lowest BCUT2D eigenvalue weighted by Gasteiger charge is -2.04. The third-order valence-corrected chi connectivity index (χ3v) is 2.82. The van der Waals surface area contributed by atoms with Crippen LogP contribution >= 0.6 is 11.6 Å². The molecular weight excluding hydrogens is 270 g/mol. The third-order valence-electron chi connectivity index (χ3n) is 2.59. The first-order chi connectivity index (χ1) is 8.90. The van der Waals surface area contributed by atoms with E-state index in [4.69, 9.17) is 11.6 Å². The Hall–Kier alpha value is -2.21. The van der Waals surface area contributed by atoms with Crippen molar-refractivity contribution in [2.24, 2.45) is 0 Å². The Labute approximate surface area is 113 Å². The molecule has 0 aliphatic heterocycles. The van der Waals surface area contributed by atoms with E-state index in [1.807, 2.05) is 0 Å². The van der Waals surface area contributed by atoms with Crippen LogP contribution in [-0.4, -0.2) is 20.6 Å². The summed E-state index contributed by atoms with van der Waals surface area (Å²) >= 11 is 5.71. The van der Waals surface area contributed by atoms with Gasteiger partial charge in [-0.15, -0.1) is 0 Å². The summed E-state index contributed by atoms with van der Waals surface area (Å²) in [5.41, 5.74) is 0.917. The fourth-order valence-electron chi connectivity index (χ4n) is 1.79. The van der Waals surface area contributed by atoms with E-state index in [2.05, 4.69) is 5.10 Å². The van der Waals surface area contributed by atoms with Crippen LogP contribution in [-0.2, 0) is 0 Å². The second-order valence-electron chi connectivity index (χ2n) is 4.06. The molecule has 0 saturated heterocycles. The van der Waals surface area contributed by atoms with Gasteiger partial charge in [0.1, 0.15) is 5.56 Å². The Morgan fingerprint density at radius 3 is 2.58 bits per heavy atom. The van der Waals surface area contributed by atoms with Crippen LogP contribution in [0.15, 0.2) is 24.3 Å². The van der Waals surface area contributed by atoms with Crippen LogP contribution in [0, 0.1) is 24.0 Å². The lowest BCUT2D eigenvalue weighted by atomic mass is 10.1. The van der Waals surface area contributed by atoms with Gasteiger partial charge < -0.3 is 0 Å². The fourth-order valence-corrected chi connectivity index (χ4v) is 1.95. The van der Waals surface area contributed by atoms with E-state index in [1.165, 1.54) is 12.1 Å². The van der Waals surface area contributed by atoms with Crippen LogP contribution in [0.4, 0.5) is 5.69 Å². The van der Waals surface area contributed by atoms with Crippen molar-refractivity contribution in [1.29, 1.82) is 0 Å². The Kier molecular flexibility index (Phi) is 3.35. The average molecular weight is 280 g/mol. The molecule has 0 unspecified atom stereocenters. The van der Waals surface area contributed by atoms with E-state index in [0.29, 0.717) is 11.4 Å². The number of aryl methyl sites for hydroxylation is 2. The minimum atomic E-state index is -0.634. The molecule has 6 nitrogen and oxygen atoms in total. The second-order valence-corrected chi connectivity index (χ2v) is 4.50. The largest absolute Gasteiger partial charge is 0.285 e. The molecule has 1 aromatic carbocycles. The van der Waals surface area contributed by atoms with Crippen molar-refractivity contribution in [2.45, 2.75) is 13.8 Å². The summed E-state index contributed by atoms with van der Waals surface area (Å²) in [6, 6.07) is 5.65. The van der Waals surface area contributed by atoms with Crippen molar-refractivity contribution in [3.8, 4) is 0 Å². The smallest absolute Gasteiger partial charge is 0.266 e. The van der Waals surface area contributed by atoms with Crippen molar-refractivity contribution >= 4 is 23.2 Å². The van der Waals surface area contributed by atoms with Crippen molar-refractivity contribution < 1.29 is 9.72 Å². The molecule has 98 valence electrons. The van der Waals surface area contributed by atoms with Crippen molar-refractivity contribution in [3.63, 3.8) is 0 Å². The van der Waals surface area contributed by atoms with Gasteiger partial charge >= 0.3 is 0 Å². The molecule has 19 heavy (non-hydrogen) atoms. The molecule has 0 spiro atoms. The Morgan fingerprint density at radius 2 is 2.05 bits per heavy atom. The van der Waals surface area contributed by atoms with Crippen LogP contribution in [0.3, 0.4) is 0 Å². The molecule has 2 rings (SSSR count). The van der Waals surface area contributed by atoms with Gasteiger partial charge in [-0.2, -0.15) is 5.10 Å². The fraction of sp³-hybridized carbons (Fsp3) is 0.167. The first-order valence-corrected chi connectivity index (χ1v) is 5.80. The van der Waals surface area contributed by atoms with Crippen LogP contribution in [0.25, 0.3) is 0 Å². The van der Waals surface area contributed by atoms with Crippen LogP contribution in [0.2, 0.25) is 5.02 Å². The summed E-state index contributed by atoms with van der Waals surface area (Å²) < 4.78 is 1.14. The normalized spacial score (nSPS) is 10.5. The summed E-state index contributed by atoms with van der Waals surface area (Å²) in [5, 5.41) is 15.2. The highest BCUT2D eigenvalue weighted by Gasteiger charge is 2.23. The number of hydrogen-bond acceptors (Lipinski definition) is 4. The Bertz CT molecular complexity index is 679. The van der Waals surface area contributed by atoms with Gasteiger partial charge in [0, 0.05) is 16.8 Å². The summed E-state index contributed by atoms with van der Waals surface area (Å²) in [5.74, 6) is -0.547. The highest BCUT2D eigenvalue weighted by Crippen LogP contribution is 2.24. The Morgan fingerprint density at radius 1 is 1.37 bits per heavy atom. The molecule has 0 amide bonds. The van der Waals surface area contributed by atoms with Gasteiger partial charge in [0.05, 0.1) is 10.6 Å². The number of benzene rings is 1. The molecule has 0 atom stereocenters. The highest BCUT2D eigenvalue weighted by molar-refractivity contribution is 6.31. The lowest BCUT2D eigenvalue weighted by Crippen LogP contribution is -2.16. The van der Waals surface area contributed by atoms with Gasteiger partial charge in [-0.1, -0.05) is 11.6 Å². The Balaban J connectivity index is 2.56. The molecule has 0 fully saturated rings. The molecule has 0 aliphatic rings. The maximum atomic E-state index is 12.3. The van der Waals surface area contributed by atoms with E-state index in [1.54, 1.807) is 19.9 Å². The van der Waals surface area contributed by atoms with Crippen LogP contribution in [0.1, 0.15) is 21.7 Å². The number of nitro groups is 1. The number of carbonyl (C=O) groups is 1. The van der Waals surface area contributed by atoms with E-state index in [0.717, 1.165) is 10.7 Å². The first-order valence-electron chi connectivity index (χ1n) is 5.42. The van der Waals surface area contributed by atoms with Crippen molar-refractivity contribution in [3.05, 3.63) is 56.4 Å². The zero-order chi connectivity index (χ0) is 14.2. The minimum absolute atomic E-state index is 0.0411. The standard InChI is InChI=1S/C12H10ClN3O3/c1-7-5-8(2)15(14-7)12(17)10-4-3-9(13)6-11(10)16(18)19/h3-6H,1-2H3. The van der Waals surface area contributed by atoms with Crippen LogP contribution < -0.4 is 0 Å². The van der Waals surface area contributed by atoms with Gasteiger partial charge in [0.25, 0.3) is 11.6 Å². The summed E-state index contributed by atoms with van der Waals surface area (Å²) in [4.78, 5) is 22.6. The second kappa shape index (κ2) is 4.81. The molecular formula is C12H10ClN3O3. The predicted octanol–water partition coefficient (Wildman–Crippen LogP) is 2.75. The topological polar surface area (TPSA) is 78.0 Å². The van der Waals surface area contributed by atoms with E-state index in [9.17, 15) is 14.9 Å². The van der Waals surface area contributed by atoms with Crippen LogP contribution in [0.5, 0.6) is 0 Å². The first kappa shape index (κ1) is 13.2. The van der Waals surface area contributed by atoms with Crippen molar-refractivity contribution in [2.75, 3.05) is 0 Å². The summed E-state index contributed by atoms with van der Waals surface area (Å²) in [7, 11) is 0. The average Bonchev–Trinajstić information content (AvgIpc) is 2.67. The maximum absolute atomic E-state index is 12.3. The molecule has 0 bridgehead atoms. The number of aromatic nitrogens is 2. The van der Waals surface area contributed by atoms with Gasteiger partial charge in [0.2, 0.25) is 0 Å². The van der Waals surface area contributed by atoms with E-state index >= 15 is 0 Å². The molecule has 0 N–H and O–H groups in total. The number of nitro benzene ring substituents is 1. The molecule has 1 heterocycles. The maximum Gasteiger partial charge on any atom is 0.285 e. The number of hydrogen-bond donors (Lipinski definition) is 0. The molecule has 0 aliphatic carbocycles. The van der Waals surface area contributed by atoms with Gasteiger partial charge in [0.15, 0.2) is 0 Å². The molecule has 0 radical (unpaired) electrons.